The average Bonchev–Trinajstić information content (AvgIpc) is 2.79. The van der Waals surface area contributed by atoms with Crippen molar-refractivity contribution in [3.05, 3.63) is 93.0 Å². The SMILES string of the molecule is COc1ccc([N+](=O)[O-])cc1NS(=O)(=O)c1cccc(C(=O)NCCc2cccc(Cl)c2)c1. The molecule has 2 N–H and O–H groups in total. The van der Waals surface area contributed by atoms with Crippen LogP contribution in [-0.4, -0.2) is 32.9 Å². The topological polar surface area (TPSA) is 128 Å². The summed E-state index contributed by atoms with van der Waals surface area (Å²) >= 11 is 5.95. The van der Waals surface area contributed by atoms with Crippen molar-refractivity contribution in [2.24, 2.45) is 0 Å². The molecule has 0 saturated heterocycles. The normalized spacial score (nSPS) is 11.0. The molecule has 11 heteroatoms. The maximum atomic E-state index is 12.9. The highest BCUT2D eigenvalue weighted by atomic mass is 35.5. The molecule has 0 bridgehead atoms. The van der Waals surface area contributed by atoms with Gasteiger partial charge < -0.3 is 10.1 Å². The number of nitro groups is 1. The van der Waals surface area contributed by atoms with E-state index in [1.54, 1.807) is 12.1 Å². The number of hydrogen-bond acceptors (Lipinski definition) is 6. The largest absolute Gasteiger partial charge is 0.495 e. The van der Waals surface area contributed by atoms with E-state index in [1.807, 2.05) is 12.1 Å². The number of amides is 1. The number of ether oxygens (including phenoxy) is 1. The third kappa shape index (κ3) is 6.21. The van der Waals surface area contributed by atoms with Gasteiger partial charge >= 0.3 is 0 Å². The van der Waals surface area contributed by atoms with Crippen molar-refractivity contribution in [1.29, 1.82) is 0 Å². The van der Waals surface area contributed by atoms with E-state index in [9.17, 15) is 23.3 Å². The quantitative estimate of drug-likeness (QED) is 0.345. The van der Waals surface area contributed by atoms with Crippen LogP contribution in [0, 0.1) is 10.1 Å². The fraction of sp³-hybridized carbons (Fsp3) is 0.136. The van der Waals surface area contributed by atoms with Crippen LogP contribution in [0.3, 0.4) is 0 Å². The van der Waals surface area contributed by atoms with Crippen LogP contribution in [-0.2, 0) is 16.4 Å². The summed E-state index contributed by atoms with van der Waals surface area (Å²) in [5.74, 6) is -0.332. The Kier molecular flexibility index (Phi) is 7.52. The van der Waals surface area contributed by atoms with Crippen LogP contribution in [0.5, 0.6) is 5.75 Å². The first-order chi connectivity index (χ1) is 15.7. The molecule has 3 aromatic rings. The lowest BCUT2D eigenvalue weighted by molar-refractivity contribution is -0.384. The maximum absolute atomic E-state index is 12.9. The number of anilines is 1. The zero-order chi connectivity index (χ0) is 24.0. The number of nitrogens with one attached hydrogen (secondary N) is 2. The Hall–Kier alpha value is -3.63. The van der Waals surface area contributed by atoms with Crippen molar-refractivity contribution in [3.8, 4) is 5.75 Å². The second-order valence-corrected chi connectivity index (χ2v) is 9.03. The van der Waals surface area contributed by atoms with Gasteiger partial charge in [0.15, 0.2) is 0 Å². The van der Waals surface area contributed by atoms with Gasteiger partial charge in [0.25, 0.3) is 21.6 Å². The van der Waals surface area contributed by atoms with Gasteiger partial charge in [-0.15, -0.1) is 0 Å². The number of non-ortho nitro benzene ring substituents is 1. The summed E-state index contributed by atoms with van der Waals surface area (Å²) < 4.78 is 33.1. The van der Waals surface area contributed by atoms with Crippen LogP contribution in [0.1, 0.15) is 15.9 Å². The third-order valence-electron chi connectivity index (χ3n) is 4.63. The van der Waals surface area contributed by atoms with E-state index in [-0.39, 0.29) is 27.6 Å². The summed E-state index contributed by atoms with van der Waals surface area (Å²) in [6.07, 6.45) is 0.554. The predicted octanol–water partition coefficient (Wildman–Crippen LogP) is 4.03. The minimum Gasteiger partial charge on any atom is -0.495 e. The molecule has 0 spiro atoms. The van der Waals surface area contributed by atoms with Crippen molar-refractivity contribution in [1.82, 2.24) is 5.32 Å². The van der Waals surface area contributed by atoms with E-state index in [0.29, 0.717) is 18.0 Å². The Morgan fingerprint density at radius 1 is 1.09 bits per heavy atom. The summed E-state index contributed by atoms with van der Waals surface area (Å²) in [5, 5.41) is 14.4. The predicted molar refractivity (Wildman–Crippen MR) is 124 cm³/mol. The zero-order valence-corrected chi connectivity index (χ0v) is 19.0. The minimum absolute atomic E-state index is 0.0944. The standard InChI is InChI=1S/C22H20ClN3O6S/c1-32-21-9-8-18(26(28)29)14-20(21)25-33(30,31)19-7-3-5-16(13-19)22(27)24-11-10-15-4-2-6-17(23)12-15/h2-9,12-14,25H,10-11H2,1H3,(H,24,27). The van der Waals surface area contributed by atoms with Gasteiger partial charge in [-0.05, 0) is 48.4 Å². The Balaban J connectivity index is 1.74. The van der Waals surface area contributed by atoms with Gasteiger partial charge in [0.2, 0.25) is 0 Å². The Bertz CT molecular complexity index is 1300. The molecule has 33 heavy (non-hydrogen) atoms. The maximum Gasteiger partial charge on any atom is 0.271 e. The highest BCUT2D eigenvalue weighted by Gasteiger charge is 2.20. The molecule has 0 aliphatic rings. The Morgan fingerprint density at radius 2 is 1.85 bits per heavy atom. The van der Waals surface area contributed by atoms with E-state index in [2.05, 4.69) is 10.0 Å². The minimum atomic E-state index is -4.16. The third-order valence-corrected chi connectivity index (χ3v) is 6.23. The van der Waals surface area contributed by atoms with Crippen molar-refractivity contribution in [3.63, 3.8) is 0 Å². The molecule has 3 rings (SSSR count). The number of nitrogens with zero attached hydrogens (tertiary/aromatic N) is 1. The number of halogens is 1. The van der Waals surface area contributed by atoms with Crippen LogP contribution in [0.4, 0.5) is 11.4 Å². The van der Waals surface area contributed by atoms with E-state index < -0.39 is 20.9 Å². The molecule has 0 unspecified atom stereocenters. The molecule has 0 aliphatic carbocycles. The number of methoxy groups -OCH3 is 1. The lowest BCUT2D eigenvalue weighted by Gasteiger charge is -2.12. The molecule has 0 heterocycles. The molecular weight excluding hydrogens is 470 g/mol. The van der Waals surface area contributed by atoms with Crippen LogP contribution in [0.25, 0.3) is 0 Å². The van der Waals surface area contributed by atoms with Crippen LogP contribution < -0.4 is 14.8 Å². The second kappa shape index (κ2) is 10.3. The zero-order valence-electron chi connectivity index (χ0n) is 17.4. The monoisotopic (exact) mass is 489 g/mol. The van der Waals surface area contributed by atoms with Gasteiger partial charge in [0.05, 0.1) is 22.6 Å². The van der Waals surface area contributed by atoms with Crippen molar-refractivity contribution in [2.75, 3.05) is 18.4 Å². The average molecular weight is 490 g/mol. The number of hydrogen-bond donors (Lipinski definition) is 2. The first kappa shape index (κ1) is 24.0. The van der Waals surface area contributed by atoms with E-state index in [0.717, 1.165) is 11.6 Å². The van der Waals surface area contributed by atoms with Gasteiger partial charge in [0, 0.05) is 29.3 Å². The number of nitro benzene ring substituents is 1. The van der Waals surface area contributed by atoms with E-state index in [4.69, 9.17) is 16.3 Å². The molecule has 0 fully saturated rings. The highest BCUT2D eigenvalue weighted by Crippen LogP contribution is 2.31. The van der Waals surface area contributed by atoms with Gasteiger partial charge in [-0.25, -0.2) is 8.42 Å². The molecular formula is C22H20ClN3O6S. The summed E-state index contributed by atoms with van der Waals surface area (Å²) in [6.45, 7) is 0.333. The van der Waals surface area contributed by atoms with E-state index >= 15 is 0 Å². The van der Waals surface area contributed by atoms with E-state index in [1.165, 1.54) is 43.5 Å². The first-order valence-corrected chi connectivity index (χ1v) is 11.5. The fourth-order valence-electron chi connectivity index (χ4n) is 3.01. The summed E-state index contributed by atoms with van der Waals surface area (Å²) in [6, 6.07) is 16.3. The number of rotatable bonds is 9. The number of sulfonamides is 1. The number of carbonyl (C=O) groups excluding carboxylic acids is 1. The molecule has 0 aliphatic heterocycles. The Labute approximate surface area is 195 Å². The van der Waals surface area contributed by atoms with Crippen molar-refractivity contribution in [2.45, 2.75) is 11.3 Å². The first-order valence-electron chi connectivity index (χ1n) is 9.67. The van der Waals surface area contributed by atoms with Crippen LogP contribution >= 0.6 is 11.6 Å². The lowest BCUT2D eigenvalue weighted by Crippen LogP contribution is -2.26. The smallest absolute Gasteiger partial charge is 0.271 e. The molecule has 0 atom stereocenters. The molecule has 0 radical (unpaired) electrons. The van der Waals surface area contributed by atoms with Crippen LogP contribution in [0.2, 0.25) is 5.02 Å². The lowest BCUT2D eigenvalue weighted by atomic mass is 10.1. The number of carbonyl (C=O) groups is 1. The molecule has 172 valence electrons. The Morgan fingerprint density at radius 3 is 2.55 bits per heavy atom. The summed E-state index contributed by atoms with van der Waals surface area (Å²) in [4.78, 5) is 22.7. The molecule has 9 nitrogen and oxygen atoms in total. The molecule has 0 aromatic heterocycles. The second-order valence-electron chi connectivity index (χ2n) is 6.91. The molecule has 1 amide bonds. The molecule has 0 saturated carbocycles. The van der Waals surface area contributed by atoms with Crippen molar-refractivity contribution >= 4 is 38.9 Å². The summed E-state index contributed by atoms with van der Waals surface area (Å²) in [7, 11) is -2.85. The van der Waals surface area contributed by atoms with Gasteiger partial charge in [-0.2, -0.15) is 0 Å². The number of benzene rings is 3. The van der Waals surface area contributed by atoms with Gasteiger partial charge in [-0.3, -0.25) is 19.6 Å². The van der Waals surface area contributed by atoms with Crippen molar-refractivity contribution < 1.29 is 22.9 Å². The fourth-order valence-corrected chi connectivity index (χ4v) is 4.33. The van der Waals surface area contributed by atoms with Gasteiger partial charge in [0.1, 0.15) is 5.75 Å². The van der Waals surface area contributed by atoms with Gasteiger partial charge in [-0.1, -0.05) is 29.8 Å². The summed E-state index contributed by atoms with van der Waals surface area (Å²) in [5.41, 5.74) is 0.702. The van der Waals surface area contributed by atoms with Crippen LogP contribution in [0.15, 0.2) is 71.6 Å². The molecule has 3 aromatic carbocycles. The highest BCUT2D eigenvalue weighted by molar-refractivity contribution is 7.92.